The van der Waals surface area contributed by atoms with Crippen molar-refractivity contribution in [2.75, 3.05) is 42.5 Å². The number of aromatic nitrogens is 6. The lowest BCUT2D eigenvalue weighted by Crippen LogP contribution is -2.41. The molecule has 2 aliphatic rings. The van der Waals surface area contributed by atoms with Crippen molar-refractivity contribution in [1.29, 1.82) is 0 Å². The second-order valence-electron chi connectivity index (χ2n) is 7.95. The largest absolute Gasteiger partial charge is 0.355 e. The Hall–Kier alpha value is -3.30. The number of carbonyl (C=O) groups is 1. The van der Waals surface area contributed by atoms with Gasteiger partial charge in [-0.2, -0.15) is 0 Å². The van der Waals surface area contributed by atoms with E-state index >= 15 is 0 Å². The quantitative estimate of drug-likeness (QED) is 0.672. The number of nitrogens with zero attached hydrogens (tertiary/aromatic N) is 8. The van der Waals surface area contributed by atoms with Crippen molar-refractivity contribution in [3.05, 3.63) is 36.5 Å². The highest BCUT2D eigenvalue weighted by Crippen LogP contribution is 2.24. The molecule has 0 radical (unpaired) electrons. The van der Waals surface area contributed by atoms with Crippen LogP contribution in [0.3, 0.4) is 0 Å². The molecule has 0 aromatic carbocycles. The van der Waals surface area contributed by atoms with Gasteiger partial charge < -0.3 is 15.1 Å². The molecule has 2 aliphatic heterocycles. The van der Waals surface area contributed by atoms with Gasteiger partial charge in [-0.1, -0.05) is 0 Å². The molecule has 0 bridgehead atoms. The monoisotopic (exact) mass is 407 g/mol. The first-order valence-corrected chi connectivity index (χ1v) is 10.5. The number of carbonyl (C=O) groups excluding carboxylic acids is 1. The zero-order chi connectivity index (χ0) is 20.3. The molecule has 0 spiro atoms. The lowest BCUT2D eigenvalue weighted by Gasteiger charge is -2.33. The highest BCUT2D eigenvalue weighted by atomic mass is 16.1. The van der Waals surface area contributed by atoms with E-state index in [0.29, 0.717) is 18.2 Å². The van der Waals surface area contributed by atoms with Crippen LogP contribution in [0.25, 0.3) is 5.65 Å². The zero-order valence-corrected chi connectivity index (χ0v) is 16.8. The van der Waals surface area contributed by atoms with Crippen LogP contribution in [0.1, 0.15) is 36.2 Å². The number of hydrogen-bond donors (Lipinski definition) is 1. The SMILES string of the molecule is O=C(NC[C@@H]1CCCN(c2nccn3cnnc23)C1)c1ccc(N2CCCC2)nn1. The average molecular weight is 407 g/mol. The first-order chi connectivity index (χ1) is 14.8. The number of anilines is 2. The second-order valence-corrected chi connectivity index (χ2v) is 7.95. The summed E-state index contributed by atoms with van der Waals surface area (Å²) < 4.78 is 1.87. The average Bonchev–Trinajstić information content (AvgIpc) is 3.50. The van der Waals surface area contributed by atoms with E-state index in [4.69, 9.17) is 0 Å². The van der Waals surface area contributed by atoms with Gasteiger partial charge in [0, 0.05) is 45.1 Å². The number of fused-ring (bicyclic) bond motifs is 1. The van der Waals surface area contributed by atoms with Crippen LogP contribution in [-0.4, -0.2) is 68.4 Å². The number of nitrogens with one attached hydrogen (secondary N) is 1. The third-order valence-electron chi connectivity index (χ3n) is 5.88. The van der Waals surface area contributed by atoms with Gasteiger partial charge in [0.15, 0.2) is 17.3 Å². The fourth-order valence-electron chi connectivity index (χ4n) is 4.28. The Labute approximate surface area is 174 Å². The summed E-state index contributed by atoms with van der Waals surface area (Å²) in [5.74, 6) is 1.85. The minimum atomic E-state index is -0.176. The third-order valence-corrected chi connectivity index (χ3v) is 5.88. The number of piperidine rings is 1. The van der Waals surface area contributed by atoms with Crippen LogP contribution in [-0.2, 0) is 0 Å². The molecule has 10 heteroatoms. The molecular weight excluding hydrogens is 382 g/mol. The molecule has 1 amide bonds. The Morgan fingerprint density at radius 3 is 2.77 bits per heavy atom. The highest BCUT2D eigenvalue weighted by Gasteiger charge is 2.24. The summed E-state index contributed by atoms with van der Waals surface area (Å²) in [5, 5.41) is 19.6. The van der Waals surface area contributed by atoms with Crippen LogP contribution >= 0.6 is 0 Å². The van der Waals surface area contributed by atoms with Crippen LogP contribution in [0.15, 0.2) is 30.9 Å². The lowest BCUT2D eigenvalue weighted by atomic mass is 9.98. The summed E-state index contributed by atoms with van der Waals surface area (Å²) >= 11 is 0. The van der Waals surface area contributed by atoms with Gasteiger partial charge in [-0.05, 0) is 43.7 Å². The molecule has 0 aliphatic carbocycles. The maximum absolute atomic E-state index is 12.5. The van der Waals surface area contributed by atoms with Crippen LogP contribution < -0.4 is 15.1 Å². The van der Waals surface area contributed by atoms with Gasteiger partial charge in [0.25, 0.3) is 5.91 Å². The Morgan fingerprint density at radius 2 is 1.93 bits per heavy atom. The Morgan fingerprint density at radius 1 is 1.07 bits per heavy atom. The van der Waals surface area contributed by atoms with Crippen molar-refractivity contribution in [1.82, 2.24) is 35.1 Å². The fraction of sp³-hybridized carbons (Fsp3) is 0.500. The molecule has 156 valence electrons. The summed E-state index contributed by atoms with van der Waals surface area (Å²) in [6.07, 6.45) is 9.76. The molecule has 0 saturated carbocycles. The third kappa shape index (κ3) is 3.77. The zero-order valence-electron chi connectivity index (χ0n) is 16.8. The predicted molar refractivity (Wildman–Crippen MR) is 112 cm³/mol. The summed E-state index contributed by atoms with van der Waals surface area (Å²) in [4.78, 5) is 21.5. The maximum atomic E-state index is 12.5. The van der Waals surface area contributed by atoms with Gasteiger partial charge in [-0.15, -0.1) is 20.4 Å². The molecule has 5 rings (SSSR count). The normalized spacial score (nSPS) is 19.4. The van der Waals surface area contributed by atoms with Crippen molar-refractivity contribution in [3.63, 3.8) is 0 Å². The second kappa shape index (κ2) is 8.21. The van der Waals surface area contributed by atoms with Crippen LogP contribution in [0.5, 0.6) is 0 Å². The maximum Gasteiger partial charge on any atom is 0.271 e. The van der Waals surface area contributed by atoms with E-state index in [0.717, 1.165) is 56.3 Å². The smallest absolute Gasteiger partial charge is 0.271 e. The predicted octanol–water partition coefficient (Wildman–Crippen LogP) is 1.16. The molecule has 2 saturated heterocycles. The van der Waals surface area contributed by atoms with Crippen molar-refractivity contribution >= 4 is 23.2 Å². The molecule has 30 heavy (non-hydrogen) atoms. The van der Waals surface area contributed by atoms with Gasteiger partial charge in [0.05, 0.1) is 0 Å². The van der Waals surface area contributed by atoms with Gasteiger partial charge in [-0.3, -0.25) is 9.20 Å². The van der Waals surface area contributed by atoms with Gasteiger partial charge in [0.1, 0.15) is 6.33 Å². The summed E-state index contributed by atoms with van der Waals surface area (Å²) in [6.45, 7) is 4.36. The van der Waals surface area contributed by atoms with E-state index in [1.54, 1.807) is 18.6 Å². The molecule has 0 unspecified atom stereocenters. The number of amides is 1. The number of hydrogen-bond acceptors (Lipinski definition) is 8. The van der Waals surface area contributed by atoms with Gasteiger partial charge in [-0.25, -0.2) is 4.98 Å². The molecule has 5 heterocycles. The summed E-state index contributed by atoms with van der Waals surface area (Å²) in [5.41, 5.74) is 1.12. The van der Waals surface area contributed by atoms with Gasteiger partial charge >= 0.3 is 0 Å². The van der Waals surface area contributed by atoms with E-state index in [1.165, 1.54) is 12.8 Å². The molecule has 3 aromatic heterocycles. The Bertz CT molecular complexity index is 1010. The first-order valence-electron chi connectivity index (χ1n) is 10.5. The van der Waals surface area contributed by atoms with Crippen molar-refractivity contribution in [2.45, 2.75) is 25.7 Å². The highest BCUT2D eigenvalue weighted by molar-refractivity contribution is 5.92. The van der Waals surface area contributed by atoms with E-state index in [9.17, 15) is 4.79 Å². The van der Waals surface area contributed by atoms with E-state index in [1.807, 2.05) is 16.7 Å². The standard InChI is InChI=1S/C20H25N9O/c30-20(16-5-6-17(25-24-16)27-8-1-2-9-27)22-12-15-4-3-10-28(13-15)18-19-26-23-14-29(19)11-7-21-18/h5-7,11,14-15H,1-4,8-10,12-13H2,(H,22,30)/t15-/m0/s1. The molecule has 10 nitrogen and oxygen atoms in total. The van der Waals surface area contributed by atoms with Gasteiger partial charge in [0.2, 0.25) is 5.65 Å². The fourth-order valence-corrected chi connectivity index (χ4v) is 4.28. The summed E-state index contributed by atoms with van der Waals surface area (Å²) in [6, 6.07) is 3.65. The molecule has 1 N–H and O–H groups in total. The van der Waals surface area contributed by atoms with Crippen molar-refractivity contribution in [3.8, 4) is 0 Å². The molecular formula is C20H25N9O. The van der Waals surface area contributed by atoms with Crippen molar-refractivity contribution < 1.29 is 4.79 Å². The van der Waals surface area contributed by atoms with Crippen LogP contribution in [0, 0.1) is 5.92 Å². The number of rotatable bonds is 5. The minimum absolute atomic E-state index is 0.176. The first kappa shape index (κ1) is 18.7. The topological polar surface area (TPSA) is 104 Å². The molecule has 1 atom stereocenters. The van der Waals surface area contributed by atoms with Crippen molar-refractivity contribution in [2.24, 2.45) is 5.92 Å². The molecule has 3 aromatic rings. The van der Waals surface area contributed by atoms with Crippen LogP contribution in [0.4, 0.5) is 11.6 Å². The van der Waals surface area contributed by atoms with Crippen LogP contribution in [0.2, 0.25) is 0 Å². The van der Waals surface area contributed by atoms with E-state index in [2.05, 4.69) is 40.5 Å². The van der Waals surface area contributed by atoms with E-state index < -0.39 is 0 Å². The lowest BCUT2D eigenvalue weighted by molar-refractivity contribution is 0.0939. The minimum Gasteiger partial charge on any atom is -0.355 e. The van der Waals surface area contributed by atoms with E-state index in [-0.39, 0.29) is 5.91 Å². The molecule has 2 fully saturated rings. The summed E-state index contributed by atoms with van der Waals surface area (Å²) in [7, 11) is 0. The Kier molecular flexibility index (Phi) is 5.12. The Balaban J connectivity index is 1.19.